The number of pyridine rings is 2. The number of thioether (sulfide) groups is 2. The zero-order chi connectivity index (χ0) is 105. The van der Waals surface area contributed by atoms with Crippen molar-refractivity contribution >= 4 is 57.1 Å². The number of hydrogen-bond donors (Lipinski definition) is 0. The van der Waals surface area contributed by atoms with E-state index in [9.17, 15) is 62.8 Å². The van der Waals surface area contributed by atoms with Gasteiger partial charge >= 0.3 is 12.4 Å². The number of ether oxygens (including phenoxy) is 2. The van der Waals surface area contributed by atoms with Crippen LogP contribution in [0.4, 0.5) is 43.9 Å². The second-order valence-corrected chi connectivity index (χ2v) is 24.9. The number of alkyl halides is 6. The van der Waals surface area contributed by atoms with Crippen molar-refractivity contribution < 1.29 is 110 Å². The predicted molar refractivity (Wildman–Crippen MR) is 395 cm³/mol. The molecule has 0 atom stereocenters. The molecule has 4 heterocycles. The van der Waals surface area contributed by atoms with Crippen LogP contribution in [0.3, 0.4) is 0 Å². The molecule has 24 heteroatoms. The third-order valence-electron chi connectivity index (χ3n) is 15.8. The summed E-state index contributed by atoms with van der Waals surface area (Å²) in [6.07, 6.45) is -25.6. The minimum Gasteiger partial charge on any atom is -0.383 e. The highest BCUT2D eigenvalue weighted by molar-refractivity contribution is 7.98. The SMILES string of the molecule is [2H]c1c(C)c([2H])c2c(=O)c([2H])c(SC([2H])([2H])c3cccc(F)c3F)n(CC(=O)N(Cc3ccc(-c4ccc(C(F)(F)F)cc4)cc3)C3([2H])C([2H])([2H])C([2H])([2H])N(CCOC([2H])([2H])[2H])C([2H])([2H])C3([2H])[2H])c2c1[2H].[2H]c1c(C)c([2H])c2c(=O)c([2H])c(SCc3cccc(F)c3F)n(CC(=O)N(Cc3ccc(-c4ccc(C(F)(F)F)cc4)cc3)C3([2H])C([2H])([2H])C([2H])([2H])N(CCOC([2H])([2H])[2H])C([2H])([2H])C3([2H])[2H])c2c1[2H]. The number of fused-ring (bicyclic) bond motifs is 2. The molecule has 12 nitrogen and oxygen atoms in total. The fourth-order valence-corrected chi connectivity index (χ4v) is 12.2. The molecule has 556 valence electrons. The quantitative estimate of drug-likeness (QED) is 0.0428. The molecular formula is C82H80F10N6O6S2. The van der Waals surface area contributed by atoms with Crippen LogP contribution in [0.5, 0.6) is 0 Å². The van der Waals surface area contributed by atoms with Crippen molar-refractivity contribution in [2.24, 2.45) is 0 Å². The molecule has 2 aliphatic rings. The maximum Gasteiger partial charge on any atom is 0.416 e. The van der Waals surface area contributed by atoms with E-state index >= 15 is 14.0 Å². The van der Waals surface area contributed by atoms with Crippen LogP contribution < -0.4 is 10.9 Å². The Balaban J connectivity index is 0.000000268. The fourth-order valence-electron chi connectivity index (χ4n) is 10.4. The lowest BCUT2D eigenvalue weighted by molar-refractivity contribution is -0.138. The lowest BCUT2D eigenvalue weighted by atomic mass is 10.00. The Morgan fingerprint density at radius 1 is 0.538 bits per heavy atom. The first-order valence-electron chi connectivity index (χ1n) is 48.5. The summed E-state index contributed by atoms with van der Waals surface area (Å²) in [6.45, 7) is -22.3. The summed E-state index contributed by atoms with van der Waals surface area (Å²) < 4.78 is 447. The third-order valence-corrected chi connectivity index (χ3v) is 17.7. The van der Waals surface area contributed by atoms with Gasteiger partial charge in [-0.15, -0.1) is 23.5 Å². The summed E-state index contributed by atoms with van der Waals surface area (Å²) >= 11 is 0.283. The molecule has 0 saturated carbocycles. The number of methoxy groups -OCH3 is 2. The smallest absolute Gasteiger partial charge is 0.383 e. The van der Waals surface area contributed by atoms with Gasteiger partial charge in [0.25, 0.3) is 0 Å². The molecule has 12 rings (SSSR count). The molecule has 0 N–H and O–H groups in total. The number of carbonyl (C=O) groups excluding carboxylic acids is 2. The lowest BCUT2D eigenvalue weighted by Gasteiger charge is -2.39. The van der Waals surface area contributed by atoms with Gasteiger partial charge in [-0.25, -0.2) is 17.6 Å². The number of nitrogens with zero attached hydrogens (tertiary/aromatic N) is 6. The Morgan fingerprint density at radius 3 is 1.31 bits per heavy atom. The van der Waals surface area contributed by atoms with Crippen LogP contribution in [-0.2, 0) is 69.1 Å². The molecule has 0 bridgehead atoms. The molecule has 2 amide bonds. The topological polar surface area (TPSA) is 110 Å². The van der Waals surface area contributed by atoms with E-state index in [-0.39, 0.29) is 75.9 Å². The Hall–Kier alpha value is -9.04. The van der Waals surface area contributed by atoms with Gasteiger partial charge in [-0.2, -0.15) is 26.3 Å². The monoisotopic (exact) mass is 1530 g/mol. The summed E-state index contributed by atoms with van der Waals surface area (Å²) in [6, 6.07) is 8.81. The minimum absolute atomic E-state index is 0.0117. The molecule has 2 aliphatic heterocycles. The normalized spacial score (nSPS) is 23.6. The van der Waals surface area contributed by atoms with Crippen LogP contribution in [0, 0.1) is 37.1 Å². The van der Waals surface area contributed by atoms with Gasteiger partial charge in [0.1, 0.15) is 13.1 Å². The molecule has 0 aliphatic carbocycles. The minimum atomic E-state index is -4.67. The van der Waals surface area contributed by atoms with E-state index in [0.29, 0.717) is 28.0 Å². The first kappa shape index (κ1) is 44.9. The number of rotatable bonds is 24. The molecule has 8 aromatic carbocycles. The van der Waals surface area contributed by atoms with Gasteiger partial charge in [-0.05, 0) is 133 Å². The summed E-state index contributed by atoms with van der Waals surface area (Å²) in [7, 11) is -6.24. The number of aromatic nitrogens is 2. The number of amides is 2. The van der Waals surface area contributed by atoms with Crippen molar-refractivity contribution in [2.75, 3.05) is 66.4 Å². The molecular weight excluding hydrogens is 1420 g/mol. The van der Waals surface area contributed by atoms with Crippen molar-refractivity contribution in [2.45, 2.75) is 111 Å². The summed E-state index contributed by atoms with van der Waals surface area (Å²) in [4.78, 5) is 58.7. The highest BCUT2D eigenvalue weighted by Crippen LogP contribution is 2.36. The highest BCUT2D eigenvalue weighted by atomic mass is 32.2. The third kappa shape index (κ3) is 19.6. The van der Waals surface area contributed by atoms with E-state index in [1.807, 2.05) is 0 Å². The number of benzene rings is 8. The van der Waals surface area contributed by atoms with Crippen LogP contribution in [0.15, 0.2) is 201 Å². The zero-order valence-electron chi connectivity index (χ0n) is 89.3. The van der Waals surface area contributed by atoms with Crippen LogP contribution in [-0.4, -0.2) is 119 Å². The number of hydrogen-bond acceptors (Lipinski definition) is 10. The molecule has 0 spiro atoms. The zero-order valence-corrected chi connectivity index (χ0v) is 56.9. The van der Waals surface area contributed by atoms with Crippen molar-refractivity contribution in [3.63, 3.8) is 0 Å². The Morgan fingerprint density at radius 2 is 0.915 bits per heavy atom. The molecule has 0 unspecified atom stereocenters. The fraction of sp³-hybridized carbons (Fsp3) is 0.317. The van der Waals surface area contributed by atoms with Gasteiger partial charge in [-0.1, -0.05) is 120 Å². The van der Waals surface area contributed by atoms with E-state index in [4.69, 9.17) is 32.9 Å². The van der Waals surface area contributed by atoms with Gasteiger partial charge in [0, 0.05) is 148 Å². The van der Waals surface area contributed by atoms with Gasteiger partial charge < -0.3 is 38.2 Å². The number of likely N-dealkylation sites (tertiary alicyclic amines) is 2. The molecule has 2 saturated heterocycles. The van der Waals surface area contributed by atoms with Gasteiger partial charge in [0.15, 0.2) is 34.1 Å². The molecule has 0 radical (unpaired) electrons. The maximum absolute atomic E-state index is 15.4. The summed E-state index contributed by atoms with van der Waals surface area (Å²) in [5.74, 6) is -9.65. The van der Waals surface area contributed by atoms with Crippen LogP contribution >= 0.6 is 23.5 Å². The molecule has 10 aromatic rings. The predicted octanol–water partition coefficient (Wildman–Crippen LogP) is 17.4. The molecule has 2 fully saturated rings. The van der Waals surface area contributed by atoms with E-state index in [2.05, 4.69) is 9.47 Å². The van der Waals surface area contributed by atoms with Crippen LogP contribution in [0.25, 0.3) is 44.1 Å². The summed E-state index contributed by atoms with van der Waals surface area (Å²) in [5.41, 5.74) is -10.0. The van der Waals surface area contributed by atoms with E-state index < -0.39 is 297 Å². The number of halogens is 10. The first-order valence-corrected chi connectivity index (χ1v) is 33.3. The Bertz CT molecular complexity index is 6550. The number of piperidine rings is 2. The molecule has 2 aromatic heterocycles. The summed E-state index contributed by atoms with van der Waals surface area (Å²) in [5, 5.41) is -2.98. The van der Waals surface area contributed by atoms with Gasteiger partial charge in [0.2, 0.25) is 11.8 Å². The second kappa shape index (κ2) is 35.1. The molecule has 106 heavy (non-hydrogen) atoms. The van der Waals surface area contributed by atoms with Crippen molar-refractivity contribution in [1.29, 1.82) is 0 Å². The average Bonchev–Trinajstić information content (AvgIpc) is 0.668. The van der Waals surface area contributed by atoms with Crippen LogP contribution in [0.2, 0.25) is 0 Å². The van der Waals surface area contributed by atoms with E-state index in [1.54, 1.807) is 0 Å². The van der Waals surface area contributed by atoms with Crippen molar-refractivity contribution in [1.82, 2.24) is 28.7 Å². The van der Waals surface area contributed by atoms with E-state index in [0.717, 1.165) is 83.4 Å². The van der Waals surface area contributed by atoms with Crippen LogP contribution in [0.1, 0.15) is 117 Å². The second-order valence-electron chi connectivity index (χ2n) is 23.1. The first-order chi connectivity index (χ1) is 64.0. The van der Waals surface area contributed by atoms with Crippen molar-refractivity contribution in [3.05, 3.63) is 270 Å². The Kier molecular flexibility index (Phi) is 14.9. The number of carbonyl (C=O) groups is 2. The van der Waals surface area contributed by atoms with Crippen molar-refractivity contribution in [3.8, 4) is 22.3 Å². The average molecular weight is 1530 g/mol. The van der Waals surface area contributed by atoms with E-state index in [1.165, 1.54) is 62.4 Å². The lowest BCUT2D eigenvalue weighted by Crippen LogP contribution is -2.48. The van der Waals surface area contributed by atoms with Gasteiger partial charge in [-0.3, -0.25) is 19.2 Å². The highest BCUT2D eigenvalue weighted by Gasteiger charge is 2.34. The Labute approximate surface area is 664 Å². The maximum atomic E-state index is 15.4. The standard InChI is InChI=1S/2C41H40F5N3O3S/c2*1-27-6-15-36-34(22-27)37(50)23-39(53-26-31-4-3-5-35(42)40(31)43)49(36)25-38(51)48(33-16-18-47(19-17-33)20-21-52-2)24-28-7-9-29(10-8-28)30-11-13-32(14-12-30)41(44,45)46/h2*3-15,22-23,33H,16-21,24-26H2,1-2H3/i2D3,6D,15D,16D2,17D2,18D2,19D2,22D,23D,26D2,33D;2D3,6D,15D,16D2,17D2,18D2,19D2,22D,23D,33D. The van der Waals surface area contributed by atoms with Gasteiger partial charge in [0.05, 0.1) is 67.4 Å². The largest absolute Gasteiger partial charge is 0.416 e.